The molecule has 88 valence electrons. The van der Waals surface area contributed by atoms with E-state index in [1.165, 1.54) is 11.1 Å². The number of carbonyl (C=O) groups excluding carboxylic acids is 1. The number of Topliss-reactive ketones (excluding diaryl/α,β-unsaturated/α-hetero) is 1. The van der Waals surface area contributed by atoms with Gasteiger partial charge in [0.15, 0.2) is 0 Å². The van der Waals surface area contributed by atoms with Crippen molar-refractivity contribution in [1.82, 2.24) is 0 Å². The summed E-state index contributed by atoms with van der Waals surface area (Å²) in [5, 5.41) is 0. The number of hydrogen-bond acceptors (Lipinski definition) is 1. The van der Waals surface area contributed by atoms with Crippen LogP contribution in [0.25, 0.3) is 0 Å². The average Bonchev–Trinajstić information content (AvgIpc) is 2.48. The fraction of sp³-hybridized carbons (Fsp3) is 0.667. The van der Waals surface area contributed by atoms with Crippen LogP contribution in [0.2, 0.25) is 0 Å². The minimum absolute atomic E-state index is 0.179. The summed E-state index contributed by atoms with van der Waals surface area (Å²) in [6.07, 6.45) is 6.42. The molecule has 1 nitrogen and oxygen atoms in total. The molecule has 0 N–H and O–H groups in total. The molecule has 1 saturated carbocycles. The molecule has 0 amide bonds. The van der Waals surface area contributed by atoms with Crippen molar-refractivity contribution in [2.24, 2.45) is 17.3 Å². The summed E-state index contributed by atoms with van der Waals surface area (Å²) in [4.78, 5) is 11.8. The van der Waals surface area contributed by atoms with Crippen LogP contribution >= 0.6 is 0 Å². The molecular weight excluding hydrogens is 196 g/mol. The quantitative estimate of drug-likeness (QED) is 0.610. The number of ketones is 1. The van der Waals surface area contributed by atoms with Gasteiger partial charge in [-0.25, -0.2) is 0 Å². The Balaban J connectivity index is 2.27. The summed E-state index contributed by atoms with van der Waals surface area (Å²) in [6.45, 7) is 10.5. The Bertz CT molecular complexity index is 364. The predicted octanol–water partition coefficient (Wildman–Crippen LogP) is 3.90. The van der Waals surface area contributed by atoms with Crippen LogP contribution in [0.3, 0.4) is 0 Å². The van der Waals surface area contributed by atoms with Crippen molar-refractivity contribution >= 4 is 5.78 Å². The highest BCUT2D eigenvalue weighted by Gasteiger charge is 2.46. The molecular formula is C15H22O. The maximum absolute atomic E-state index is 11.8. The molecule has 0 heterocycles. The molecule has 0 aromatic carbocycles. The molecule has 1 spiro atoms. The maximum Gasteiger partial charge on any atom is 0.136 e. The molecule has 0 aromatic heterocycles. The zero-order valence-electron chi connectivity index (χ0n) is 10.7. The molecule has 16 heavy (non-hydrogen) atoms. The van der Waals surface area contributed by atoms with E-state index in [2.05, 4.69) is 33.4 Å². The third-order valence-corrected chi connectivity index (χ3v) is 4.64. The Hall–Kier alpha value is -0.850. The molecule has 0 radical (unpaired) electrons. The van der Waals surface area contributed by atoms with E-state index in [1.807, 2.05) is 0 Å². The average molecular weight is 218 g/mol. The van der Waals surface area contributed by atoms with Gasteiger partial charge in [0, 0.05) is 12.3 Å². The molecule has 0 aromatic rings. The van der Waals surface area contributed by atoms with Crippen LogP contribution in [0.1, 0.15) is 46.5 Å². The molecule has 0 saturated heterocycles. The Kier molecular flexibility index (Phi) is 2.81. The minimum Gasteiger partial charge on any atom is -0.299 e. The highest BCUT2D eigenvalue weighted by molar-refractivity contribution is 5.84. The van der Waals surface area contributed by atoms with Gasteiger partial charge in [-0.2, -0.15) is 0 Å². The van der Waals surface area contributed by atoms with Crippen molar-refractivity contribution < 1.29 is 4.79 Å². The van der Waals surface area contributed by atoms with Crippen molar-refractivity contribution in [2.45, 2.75) is 46.5 Å². The van der Waals surface area contributed by atoms with E-state index >= 15 is 0 Å². The number of allylic oxidation sites excluding steroid dienone is 3. The third kappa shape index (κ3) is 1.77. The monoisotopic (exact) mass is 218 g/mol. The molecule has 1 fully saturated rings. The molecule has 2 aliphatic carbocycles. The van der Waals surface area contributed by atoms with E-state index in [-0.39, 0.29) is 11.3 Å². The second-order valence-electron chi connectivity index (χ2n) is 5.90. The summed E-state index contributed by atoms with van der Waals surface area (Å²) in [5.41, 5.74) is 2.90. The van der Waals surface area contributed by atoms with Gasteiger partial charge in [0.1, 0.15) is 5.78 Å². The lowest BCUT2D eigenvalue weighted by Crippen LogP contribution is -2.27. The van der Waals surface area contributed by atoms with E-state index in [9.17, 15) is 4.79 Å². The van der Waals surface area contributed by atoms with Gasteiger partial charge in [0.25, 0.3) is 0 Å². The highest BCUT2D eigenvalue weighted by atomic mass is 16.1. The van der Waals surface area contributed by atoms with Crippen molar-refractivity contribution in [1.29, 1.82) is 0 Å². The maximum atomic E-state index is 11.8. The van der Waals surface area contributed by atoms with E-state index < -0.39 is 0 Å². The number of carbonyl (C=O) groups is 1. The molecule has 0 unspecified atom stereocenters. The Labute approximate surface area is 98.6 Å². The molecule has 2 rings (SSSR count). The summed E-state index contributed by atoms with van der Waals surface area (Å²) < 4.78 is 0. The Morgan fingerprint density at radius 3 is 2.69 bits per heavy atom. The van der Waals surface area contributed by atoms with Crippen LogP contribution < -0.4 is 0 Å². The fourth-order valence-corrected chi connectivity index (χ4v) is 3.36. The molecule has 3 atom stereocenters. The van der Waals surface area contributed by atoms with Crippen molar-refractivity contribution in [3.63, 3.8) is 0 Å². The van der Waals surface area contributed by atoms with Crippen molar-refractivity contribution in [2.75, 3.05) is 0 Å². The minimum atomic E-state index is 0.179. The van der Waals surface area contributed by atoms with E-state index in [1.54, 1.807) is 0 Å². The second kappa shape index (κ2) is 3.87. The molecule has 0 aliphatic heterocycles. The van der Waals surface area contributed by atoms with Crippen LogP contribution in [0.5, 0.6) is 0 Å². The van der Waals surface area contributed by atoms with Crippen LogP contribution in [-0.2, 0) is 4.79 Å². The summed E-state index contributed by atoms with van der Waals surface area (Å²) in [7, 11) is 0. The summed E-state index contributed by atoms with van der Waals surface area (Å²) in [5.74, 6) is 1.30. The van der Waals surface area contributed by atoms with Crippen molar-refractivity contribution in [3.8, 4) is 0 Å². The lowest BCUT2D eigenvalue weighted by Gasteiger charge is -2.38. The van der Waals surface area contributed by atoms with Gasteiger partial charge in [-0.15, -0.1) is 0 Å². The Morgan fingerprint density at radius 2 is 2.19 bits per heavy atom. The zero-order valence-corrected chi connectivity index (χ0v) is 10.7. The van der Waals surface area contributed by atoms with E-state index in [0.29, 0.717) is 11.7 Å². The SMILES string of the molecule is C=C(C)[C@@H]1CC=C(C)[C@@]2(CC(=O)[C@@H](C)C2)C1. The zero-order chi connectivity index (χ0) is 11.9. The van der Waals surface area contributed by atoms with Gasteiger partial charge < -0.3 is 0 Å². The molecule has 0 bridgehead atoms. The van der Waals surface area contributed by atoms with Crippen LogP contribution in [0.4, 0.5) is 0 Å². The number of rotatable bonds is 1. The van der Waals surface area contributed by atoms with E-state index in [4.69, 9.17) is 0 Å². The lowest BCUT2D eigenvalue weighted by atomic mass is 9.66. The second-order valence-corrected chi connectivity index (χ2v) is 5.90. The third-order valence-electron chi connectivity index (χ3n) is 4.64. The summed E-state index contributed by atoms with van der Waals surface area (Å²) in [6, 6.07) is 0. The Morgan fingerprint density at radius 1 is 1.50 bits per heavy atom. The number of hydrogen-bond donors (Lipinski definition) is 0. The highest BCUT2D eigenvalue weighted by Crippen LogP contribution is 2.53. The first-order chi connectivity index (χ1) is 7.44. The van der Waals surface area contributed by atoms with Crippen LogP contribution in [-0.4, -0.2) is 5.78 Å². The molecule has 1 heteroatoms. The first kappa shape index (κ1) is 11.6. The topological polar surface area (TPSA) is 17.1 Å². The lowest BCUT2D eigenvalue weighted by molar-refractivity contribution is -0.120. The molecule has 2 aliphatic rings. The van der Waals surface area contributed by atoms with Crippen LogP contribution in [0, 0.1) is 17.3 Å². The smallest absolute Gasteiger partial charge is 0.136 e. The standard InChI is InChI=1S/C15H22O/c1-10(2)13-6-5-12(4)15(8-13)7-11(3)14(16)9-15/h5,11,13H,1,6-9H2,2-4H3/t11-,13+,15+/m0/s1. The van der Waals surface area contributed by atoms with Crippen LogP contribution in [0.15, 0.2) is 23.8 Å². The van der Waals surface area contributed by atoms with Crippen molar-refractivity contribution in [3.05, 3.63) is 23.8 Å². The first-order valence-corrected chi connectivity index (χ1v) is 6.30. The van der Waals surface area contributed by atoms with E-state index in [0.717, 1.165) is 25.7 Å². The van der Waals surface area contributed by atoms with Gasteiger partial charge in [0.05, 0.1) is 0 Å². The van der Waals surface area contributed by atoms with Gasteiger partial charge in [0.2, 0.25) is 0 Å². The summed E-state index contributed by atoms with van der Waals surface area (Å²) >= 11 is 0. The first-order valence-electron chi connectivity index (χ1n) is 6.30. The normalized spacial score (nSPS) is 38.9. The predicted molar refractivity (Wildman–Crippen MR) is 67.1 cm³/mol. The van der Waals surface area contributed by atoms with Gasteiger partial charge in [-0.1, -0.05) is 30.7 Å². The van der Waals surface area contributed by atoms with Gasteiger partial charge in [-0.3, -0.25) is 4.79 Å². The van der Waals surface area contributed by atoms with Gasteiger partial charge in [-0.05, 0) is 44.4 Å². The largest absolute Gasteiger partial charge is 0.299 e. The van der Waals surface area contributed by atoms with Gasteiger partial charge >= 0.3 is 0 Å². The fourth-order valence-electron chi connectivity index (χ4n) is 3.36.